The highest BCUT2D eigenvalue weighted by atomic mass is 16.2. The summed E-state index contributed by atoms with van der Waals surface area (Å²) in [6, 6.07) is 5.00. The number of benzene rings is 1. The van der Waals surface area contributed by atoms with Gasteiger partial charge in [0.15, 0.2) is 0 Å². The van der Waals surface area contributed by atoms with Crippen LogP contribution in [0.1, 0.15) is 48.0 Å². The first-order valence-electron chi connectivity index (χ1n) is 9.26. The van der Waals surface area contributed by atoms with Crippen LogP contribution < -0.4 is 16.4 Å². The highest BCUT2D eigenvalue weighted by Gasteiger charge is 2.40. The Morgan fingerprint density at radius 3 is 2.70 bits per heavy atom. The monoisotopic (exact) mass is 370 g/mol. The number of nitrogens with one attached hydrogen (secondary N) is 2. The molecule has 0 aromatic heterocycles. The summed E-state index contributed by atoms with van der Waals surface area (Å²) in [6.45, 7) is 0.329. The summed E-state index contributed by atoms with van der Waals surface area (Å²) in [5.41, 5.74) is 7.69. The van der Waals surface area contributed by atoms with Crippen LogP contribution in [0.3, 0.4) is 0 Å². The Morgan fingerprint density at radius 1 is 1.19 bits per heavy atom. The number of anilines is 1. The highest BCUT2D eigenvalue weighted by Crippen LogP contribution is 2.35. The van der Waals surface area contributed by atoms with Crippen molar-refractivity contribution >= 4 is 29.3 Å². The molecule has 8 heteroatoms. The number of piperidine rings is 1. The van der Waals surface area contributed by atoms with Crippen LogP contribution in [0, 0.1) is 5.92 Å². The summed E-state index contributed by atoms with van der Waals surface area (Å²) < 4.78 is 0. The van der Waals surface area contributed by atoms with Gasteiger partial charge in [0.2, 0.25) is 17.7 Å². The van der Waals surface area contributed by atoms with Crippen molar-refractivity contribution in [3.8, 4) is 0 Å². The third-order valence-corrected chi connectivity index (χ3v) is 5.78. The third-order valence-electron chi connectivity index (χ3n) is 5.78. The standard InChI is InChI=1S/C19H22N4O4/c20-17(25)10-4-5-11(8-10)21-14-3-1-2-12-13(14)9-23(19(12)27)15-6-7-16(24)22-18(15)26/h1-3,10-11,15,21H,4-9H2,(H2,20,25)(H,22,24,26)/t10-,11-,15?/m1/s1. The predicted molar refractivity (Wildman–Crippen MR) is 96.4 cm³/mol. The fourth-order valence-electron chi connectivity index (χ4n) is 4.31. The largest absolute Gasteiger partial charge is 0.382 e. The second kappa shape index (κ2) is 6.68. The molecule has 2 heterocycles. The van der Waals surface area contributed by atoms with E-state index in [2.05, 4.69) is 10.6 Å². The van der Waals surface area contributed by atoms with Gasteiger partial charge < -0.3 is 16.0 Å². The molecule has 0 spiro atoms. The van der Waals surface area contributed by atoms with Crippen molar-refractivity contribution in [3.63, 3.8) is 0 Å². The average molecular weight is 370 g/mol. The first-order chi connectivity index (χ1) is 12.9. The molecule has 4 amide bonds. The van der Waals surface area contributed by atoms with Gasteiger partial charge in [0.05, 0.1) is 0 Å². The van der Waals surface area contributed by atoms with E-state index >= 15 is 0 Å². The van der Waals surface area contributed by atoms with E-state index in [-0.39, 0.29) is 36.1 Å². The Balaban J connectivity index is 1.52. The van der Waals surface area contributed by atoms with Gasteiger partial charge in [-0.3, -0.25) is 24.5 Å². The van der Waals surface area contributed by atoms with Gasteiger partial charge in [0, 0.05) is 41.7 Å². The fraction of sp³-hybridized carbons (Fsp3) is 0.474. The third kappa shape index (κ3) is 3.15. The normalized spacial score (nSPS) is 27.5. The molecule has 3 atom stereocenters. The molecule has 1 saturated carbocycles. The Labute approximate surface area is 156 Å². The number of hydrogen-bond donors (Lipinski definition) is 3. The lowest BCUT2D eigenvalue weighted by molar-refractivity contribution is -0.137. The van der Waals surface area contributed by atoms with Crippen molar-refractivity contribution in [1.82, 2.24) is 10.2 Å². The zero-order chi connectivity index (χ0) is 19.1. The van der Waals surface area contributed by atoms with Crippen LogP contribution in [0.25, 0.3) is 0 Å². The van der Waals surface area contributed by atoms with Crippen molar-refractivity contribution in [2.24, 2.45) is 11.7 Å². The summed E-state index contributed by atoms with van der Waals surface area (Å²) in [6.07, 6.45) is 2.88. The van der Waals surface area contributed by atoms with E-state index in [1.54, 1.807) is 11.0 Å². The molecule has 0 radical (unpaired) electrons. The first kappa shape index (κ1) is 17.5. The number of imide groups is 1. The number of hydrogen-bond acceptors (Lipinski definition) is 5. The molecule has 3 aliphatic rings. The second-order valence-corrected chi connectivity index (χ2v) is 7.49. The summed E-state index contributed by atoms with van der Waals surface area (Å²) in [5, 5.41) is 5.76. The lowest BCUT2D eigenvalue weighted by atomic mass is 10.0. The van der Waals surface area contributed by atoms with Crippen molar-refractivity contribution < 1.29 is 19.2 Å². The van der Waals surface area contributed by atoms with Gasteiger partial charge in [0.1, 0.15) is 6.04 Å². The van der Waals surface area contributed by atoms with Gasteiger partial charge in [-0.15, -0.1) is 0 Å². The van der Waals surface area contributed by atoms with Gasteiger partial charge in [-0.1, -0.05) is 6.07 Å². The number of carbonyl (C=O) groups excluding carboxylic acids is 4. The Kier molecular flexibility index (Phi) is 4.33. The Morgan fingerprint density at radius 2 is 2.00 bits per heavy atom. The van der Waals surface area contributed by atoms with E-state index in [4.69, 9.17) is 5.73 Å². The fourth-order valence-corrected chi connectivity index (χ4v) is 4.31. The van der Waals surface area contributed by atoms with E-state index < -0.39 is 11.9 Å². The molecule has 142 valence electrons. The average Bonchev–Trinajstić information content (AvgIpc) is 3.21. The van der Waals surface area contributed by atoms with E-state index in [0.29, 0.717) is 24.9 Å². The van der Waals surface area contributed by atoms with E-state index in [0.717, 1.165) is 24.1 Å². The molecule has 8 nitrogen and oxygen atoms in total. The summed E-state index contributed by atoms with van der Waals surface area (Å²) in [5.74, 6) is -1.28. The van der Waals surface area contributed by atoms with Crippen molar-refractivity contribution in [2.75, 3.05) is 5.32 Å². The van der Waals surface area contributed by atoms with Crippen molar-refractivity contribution in [3.05, 3.63) is 29.3 Å². The SMILES string of the molecule is NC(=O)[C@@H]1CC[C@@H](Nc2cccc3c2CN(C2CCC(=O)NC2=O)C3=O)C1. The molecule has 1 aromatic rings. The maximum atomic E-state index is 12.8. The van der Waals surface area contributed by atoms with Gasteiger partial charge in [-0.05, 0) is 37.8 Å². The van der Waals surface area contributed by atoms with Crippen LogP contribution in [-0.4, -0.2) is 40.6 Å². The summed E-state index contributed by atoms with van der Waals surface area (Å²) in [4.78, 5) is 49.3. The Bertz CT molecular complexity index is 837. The minimum atomic E-state index is -0.624. The van der Waals surface area contributed by atoms with E-state index in [1.807, 2.05) is 12.1 Å². The molecule has 1 unspecified atom stereocenters. The summed E-state index contributed by atoms with van der Waals surface area (Å²) >= 11 is 0. The van der Waals surface area contributed by atoms with E-state index in [9.17, 15) is 19.2 Å². The zero-order valence-electron chi connectivity index (χ0n) is 14.9. The van der Waals surface area contributed by atoms with Crippen molar-refractivity contribution in [1.29, 1.82) is 0 Å². The van der Waals surface area contributed by atoms with Crippen LogP contribution in [0.5, 0.6) is 0 Å². The molecule has 1 aliphatic carbocycles. The van der Waals surface area contributed by atoms with Crippen LogP contribution in [0.2, 0.25) is 0 Å². The molecule has 4 rings (SSSR count). The number of nitrogens with two attached hydrogens (primary N) is 1. The first-order valence-corrected chi connectivity index (χ1v) is 9.26. The van der Waals surface area contributed by atoms with Gasteiger partial charge in [-0.25, -0.2) is 0 Å². The summed E-state index contributed by atoms with van der Waals surface area (Å²) in [7, 11) is 0. The number of nitrogens with zero attached hydrogens (tertiary/aromatic N) is 1. The van der Waals surface area contributed by atoms with Crippen LogP contribution in [0.4, 0.5) is 5.69 Å². The number of primary amides is 1. The molecule has 1 aromatic carbocycles. The number of fused-ring (bicyclic) bond motifs is 1. The predicted octanol–water partition coefficient (Wildman–Crippen LogP) is 0.513. The maximum Gasteiger partial charge on any atom is 0.255 e. The van der Waals surface area contributed by atoms with Gasteiger partial charge in [0.25, 0.3) is 5.91 Å². The molecule has 2 fully saturated rings. The lowest BCUT2D eigenvalue weighted by Crippen LogP contribution is -2.52. The number of rotatable bonds is 4. The van der Waals surface area contributed by atoms with Gasteiger partial charge >= 0.3 is 0 Å². The van der Waals surface area contributed by atoms with Crippen LogP contribution in [-0.2, 0) is 20.9 Å². The number of amides is 4. The highest BCUT2D eigenvalue weighted by molar-refractivity contribution is 6.06. The zero-order valence-corrected chi connectivity index (χ0v) is 14.9. The number of carbonyl (C=O) groups is 4. The molecule has 2 aliphatic heterocycles. The smallest absolute Gasteiger partial charge is 0.255 e. The topological polar surface area (TPSA) is 122 Å². The van der Waals surface area contributed by atoms with E-state index in [1.165, 1.54) is 0 Å². The molecule has 1 saturated heterocycles. The molecular formula is C19H22N4O4. The molecule has 27 heavy (non-hydrogen) atoms. The van der Waals surface area contributed by atoms with Gasteiger partial charge in [-0.2, -0.15) is 0 Å². The molecule has 4 N–H and O–H groups in total. The maximum absolute atomic E-state index is 12.8. The lowest BCUT2D eigenvalue weighted by Gasteiger charge is -2.29. The second-order valence-electron chi connectivity index (χ2n) is 7.49. The molecular weight excluding hydrogens is 348 g/mol. The minimum absolute atomic E-state index is 0.110. The van der Waals surface area contributed by atoms with Crippen LogP contribution >= 0.6 is 0 Å². The Hall–Kier alpha value is -2.90. The van der Waals surface area contributed by atoms with Crippen molar-refractivity contribution in [2.45, 2.75) is 50.7 Å². The minimum Gasteiger partial charge on any atom is -0.382 e. The quantitative estimate of drug-likeness (QED) is 0.667. The van der Waals surface area contributed by atoms with Crippen LogP contribution in [0.15, 0.2) is 18.2 Å². The molecule has 0 bridgehead atoms.